The highest BCUT2D eigenvalue weighted by Crippen LogP contribution is 2.26. The number of anilines is 1. The van der Waals surface area contributed by atoms with Crippen LogP contribution in [0.2, 0.25) is 0 Å². The van der Waals surface area contributed by atoms with Crippen LogP contribution in [0.25, 0.3) is 21.2 Å². The van der Waals surface area contributed by atoms with Gasteiger partial charge in [0.05, 0.1) is 16.8 Å². The lowest BCUT2D eigenvalue weighted by Crippen LogP contribution is -2.20. The SMILES string of the molecule is CCCOc1ccc2cc(C(=O)Nc3nc4ccccc4s3)c(=O)oc2c1. The van der Waals surface area contributed by atoms with Gasteiger partial charge in [0, 0.05) is 11.5 Å². The van der Waals surface area contributed by atoms with Crippen molar-refractivity contribution in [3.05, 3.63) is 64.5 Å². The van der Waals surface area contributed by atoms with Gasteiger partial charge in [-0.15, -0.1) is 0 Å². The smallest absolute Gasteiger partial charge is 0.349 e. The molecule has 136 valence electrons. The quantitative estimate of drug-likeness (QED) is 0.518. The third-order valence-electron chi connectivity index (χ3n) is 3.94. The molecular formula is C20H16N2O4S. The average Bonchev–Trinajstić information content (AvgIpc) is 3.07. The molecule has 0 radical (unpaired) electrons. The summed E-state index contributed by atoms with van der Waals surface area (Å²) in [6.07, 6.45) is 0.882. The van der Waals surface area contributed by atoms with E-state index < -0.39 is 11.5 Å². The Morgan fingerprint density at radius 2 is 2.07 bits per heavy atom. The van der Waals surface area contributed by atoms with Gasteiger partial charge in [-0.25, -0.2) is 9.78 Å². The Morgan fingerprint density at radius 1 is 1.22 bits per heavy atom. The summed E-state index contributed by atoms with van der Waals surface area (Å²) < 4.78 is 11.8. The molecule has 0 spiro atoms. The number of aromatic nitrogens is 1. The van der Waals surface area contributed by atoms with E-state index in [2.05, 4.69) is 10.3 Å². The summed E-state index contributed by atoms with van der Waals surface area (Å²) in [5.74, 6) is 0.0789. The zero-order valence-electron chi connectivity index (χ0n) is 14.5. The number of nitrogens with zero attached hydrogens (tertiary/aromatic N) is 1. The van der Waals surface area contributed by atoms with Crippen LogP contribution in [0.15, 0.2) is 57.7 Å². The summed E-state index contributed by atoms with van der Waals surface area (Å²) in [7, 11) is 0. The van der Waals surface area contributed by atoms with Gasteiger partial charge in [-0.3, -0.25) is 10.1 Å². The second-order valence-electron chi connectivity index (χ2n) is 5.94. The van der Waals surface area contributed by atoms with Crippen molar-refractivity contribution in [1.82, 2.24) is 4.98 Å². The monoisotopic (exact) mass is 380 g/mol. The van der Waals surface area contributed by atoms with Crippen LogP contribution in [0.1, 0.15) is 23.7 Å². The summed E-state index contributed by atoms with van der Waals surface area (Å²) in [4.78, 5) is 29.2. The second-order valence-corrected chi connectivity index (χ2v) is 6.97. The molecule has 0 unspecified atom stereocenters. The summed E-state index contributed by atoms with van der Waals surface area (Å²) >= 11 is 1.35. The summed E-state index contributed by atoms with van der Waals surface area (Å²) in [5, 5.41) is 3.76. The topological polar surface area (TPSA) is 81.4 Å². The molecule has 0 bridgehead atoms. The van der Waals surface area contributed by atoms with Gasteiger partial charge in [-0.2, -0.15) is 0 Å². The Kier molecular flexibility index (Phi) is 4.60. The van der Waals surface area contributed by atoms with E-state index in [9.17, 15) is 9.59 Å². The normalized spacial score (nSPS) is 11.0. The van der Waals surface area contributed by atoms with Gasteiger partial charge in [0.25, 0.3) is 5.91 Å². The molecule has 6 nitrogen and oxygen atoms in total. The van der Waals surface area contributed by atoms with Crippen molar-refractivity contribution in [2.45, 2.75) is 13.3 Å². The molecule has 0 aliphatic heterocycles. The fourth-order valence-electron chi connectivity index (χ4n) is 2.65. The van der Waals surface area contributed by atoms with Gasteiger partial charge in [0.2, 0.25) is 0 Å². The minimum absolute atomic E-state index is 0.0658. The van der Waals surface area contributed by atoms with Crippen molar-refractivity contribution >= 4 is 43.6 Å². The molecule has 4 rings (SSSR count). The molecule has 4 aromatic rings. The summed E-state index contributed by atoms with van der Waals surface area (Å²) in [5.41, 5.74) is 0.408. The number of benzene rings is 2. The number of nitrogens with one attached hydrogen (secondary N) is 1. The number of fused-ring (bicyclic) bond motifs is 2. The Morgan fingerprint density at radius 3 is 2.89 bits per heavy atom. The number of rotatable bonds is 5. The van der Waals surface area contributed by atoms with E-state index in [0.717, 1.165) is 16.6 Å². The molecule has 2 heterocycles. The van der Waals surface area contributed by atoms with Crippen LogP contribution in [0.3, 0.4) is 0 Å². The Bertz CT molecular complexity index is 1160. The van der Waals surface area contributed by atoms with Gasteiger partial charge >= 0.3 is 5.63 Å². The molecule has 2 aromatic carbocycles. The van der Waals surface area contributed by atoms with Crippen molar-refractivity contribution < 1.29 is 13.9 Å². The Labute approximate surface area is 158 Å². The van der Waals surface area contributed by atoms with Gasteiger partial charge in [-0.05, 0) is 36.8 Å². The Balaban J connectivity index is 1.62. The molecule has 0 aliphatic rings. The molecular weight excluding hydrogens is 364 g/mol. The summed E-state index contributed by atoms with van der Waals surface area (Å²) in [6, 6.07) is 14.3. The van der Waals surface area contributed by atoms with Crippen molar-refractivity contribution in [2.24, 2.45) is 0 Å². The predicted octanol–water partition coefficient (Wildman–Crippen LogP) is 4.44. The number of carbonyl (C=O) groups excluding carboxylic acids is 1. The van der Waals surface area contributed by atoms with Gasteiger partial charge in [-0.1, -0.05) is 30.4 Å². The van der Waals surface area contributed by atoms with E-state index in [1.165, 1.54) is 17.4 Å². The van der Waals surface area contributed by atoms with E-state index in [0.29, 0.717) is 28.5 Å². The van der Waals surface area contributed by atoms with Crippen LogP contribution in [-0.2, 0) is 0 Å². The highest BCUT2D eigenvalue weighted by Gasteiger charge is 2.16. The first-order valence-electron chi connectivity index (χ1n) is 8.51. The van der Waals surface area contributed by atoms with E-state index in [1.807, 2.05) is 31.2 Å². The maximum Gasteiger partial charge on any atom is 0.349 e. The molecule has 2 aromatic heterocycles. The fourth-order valence-corrected chi connectivity index (χ4v) is 3.51. The van der Waals surface area contributed by atoms with Gasteiger partial charge < -0.3 is 9.15 Å². The number of amides is 1. The zero-order chi connectivity index (χ0) is 18.8. The largest absolute Gasteiger partial charge is 0.493 e. The summed E-state index contributed by atoms with van der Waals surface area (Å²) in [6.45, 7) is 2.59. The number of carbonyl (C=O) groups is 1. The number of hydrogen-bond donors (Lipinski definition) is 1. The third-order valence-corrected chi connectivity index (χ3v) is 4.89. The maximum atomic E-state index is 12.5. The first-order valence-corrected chi connectivity index (χ1v) is 9.33. The zero-order valence-corrected chi connectivity index (χ0v) is 15.3. The van der Waals surface area contributed by atoms with Crippen molar-refractivity contribution in [3.8, 4) is 5.75 Å². The van der Waals surface area contributed by atoms with E-state index in [-0.39, 0.29) is 5.56 Å². The van der Waals surface area contributed by atoms with Crippen LogP contribution in [0.4, 0.5) is 5.13 Å². The lowest BCUT2D eigenvalue weighted by Gasteiger charge is -2.06. The van der Waals surface area contributed by atoms with Crippen molar-refractivity contribution in [1.29, 1.82) is 0 Å². The molecule has 1 N–H and O–H groups in total. The number of hydrogen-bond acceptors (Lipinski definition) is 6. The van der Waals surface area contributed by atoms with Crippen LogP contribution < -0.4 is 15.7 Å². The maximum absolute atomic E-state index is 12.5. The van der Waals surface area contributed by atoms with Crippen LogP contribution in [-0.4, -0.2) is 17.5 Å². The molecule has 0 atom stereocenters. The lowest BCUT2D eigenvalue weighted by molar-refractivity contribution is 0.102. The Hall–Kier alpha value is -3.19. The van der Waals surface area contributed by atoms with E-state index in [4.69, 9.17) is 9.15 Å². The molecule has 7 heteroatoms. The minimum Gasteiger partial charge on any atom is -0.493 e. The van der Waals surface area contributed by atoms with E-state index in [1.54, 1.807) is 18.2 Å². The lowest BCUT2D eigenvalue weighted by atomic mass is 10.1. The fraction of sp³-hybridized carbons (Fsp3) is 0.150. The standard InChI is InChI=1S/C20H16N2O4S/c1-2-9-25-13-8-7-12-10-14(19(24)26-16(12)11-13)18(23)22-20-21-15-5-3-4-6-17(15)27-20/h3-8,10-11H,2,9H2,1H3,(H,21,22,23). The molecule has 1 amide bonds. The predicted molar refractivity (Wildman–Crippen MR) is 106 cm³/mol. The minimum atomic E-state index is -0.700. The van der Waals surface area contributed by atoms with Crippen molar-refractivity contribution in [3.63, 3.8) is 0 Å². The third kappa shape index (κ3) is 3.54. The first kappa shape index (κ1) is 17.2. The van der Waals surface area contributed by atoms with E-state index >= 15 is 0 Å². The molecule has 0 fully saturated rings. The van der Waals surface area contributed by atoms with Crippen molar-refractivity contribution in [2.75, 3.05) is 11.9 Å². The number of para-hydroxylation sites is 1. The van der Waals surface area contributed by atoms with Crippen LogP contribution in [0, 0.1) is 0 Å². The molecule has 0 saturated heterocycles. The molecule has 0 saturated carbocycles. The number of ether oxygens (including phenoxy) is 1. The second kappa shape index (κ2) is 7.20. The first-order chi connectivity index (χ1) is 13.1. The molecule has 27 heavy (non-hydrogen) atoms. The molecule has 0 aliphatic carbocycles. The van der Waals surface area contributed by atoms with Gasteiger partial charge in [0.15, 0.2) is 5.13 Å². The highest BCUT2D eigenvalue weighted by molar-refractivity contribution is 7.22. The highest BCUT2D eigenvalue weighted by atomic mass is 32.1. The van der Waals surface area contributed by atoms with Gasteiger partial charge in [0.1, 0.15) is 16.9 Å². The average molecular weight is 380 g/mol. The number of thiazole rings is 1. The van der Waals surface area contributed by atoms with Crippen LogP contribution in [0.5, 0.6) is 5.75 Å². The van der Waals surface area contributed by atoms with Crippen LogP contribution >= 0.6 is 11.3 Å².